The number of piperazine rings is 1. The van der Waals surface area contributed by atoms with Gasteiger partial charge in [0.1, 0.15) is 0 Å². The first kappa shape index (κ1) is 14.9. The topological polar surface area (TPSA) is 35.6 Å². The third-order valence-electron chi connectivity index (χ3n) is 4.00. The molecule has 1 N–H and O–H groups in total. The van der Waals surface area contributed by atoms with Crippen molar-refractivity contribution in [3.63, 3.8) is 0 Å². The highest BCUT2D eigenvalue weighted by Crippen LogP contribution is 2.15. The number of benzene rings is 1. The summed E-state index contributed by atoms with van der Waals surface area (Å²) in [6, 6.07) is 8.19. The van der Waals surface area contributed by atoms with E-state index in [1.807, 2.05) is 23.1 Å². The minimum absolute atomic E-state index is 0.201. The molecule has 0 unspecified atom stereocenters. The average Bonchev–Trinajstić information content (AvgIpc) is 2.53. The first-order valence-corrected chi connectivity index (χ1v) is 7.56. The van der Waals surface area contributed by atoms with Crippen molar-refractivity contribution in [1.29, 1.82) is 0 Å². The maximum absolute atomic E-state index is 12.2. The predicted octanol–water partition coefficient (Wildman–Crippen LogP) is 1.82. The molecule has 1 aliphatic heterocycles. The Morgan fingerprint density at radius 1 is 1.15 bits per heavy atom. The lowest BCUT2D eigenvalue weighted by atomic mass is 10.1. The number of likely N-dealkylation sites (N-methyl/N-ethyl adjacent to an activating group) is 1. The quantitative estimate of drug-likeness (QED) is 0.890. The third-order valence-corrected chi connectivity index (χ3v) is 4.00. The summed E-state index contributed by atoms with van der Waals surface area (Å²) in [5.41, 5.74) is 2.34. The van der Waals surface area contributed by atoms with E-state index in [-0.39, 0.29) is 5.91 Å². The molecule has 20 heavy (non-hydrogen) atoms. The fourth-order valence-electron chi connectivity index (χ4n) is 2.60. The molecule has 1 aromatic carbocycles. The summed E-state index contributed by atoms with van der Waals surface area (Å²) in [6.45, 7) is 9.45. The smallest absolute Gasteiger partial charge is 0.241 e. The van der Waals surface area contributed by atoms with E-state index in [0.717, 1.165) is 44.8 Å². The van der Waals surface area contributed by atoms with Gasteiger partial charge in [-0.15, -0.1) is 0 Å². The van der Waals surface area contributed by atoms with E-state index in [0.29, 0.717) is 6.54 Å². The van der Waals surface area contributed by atoms with E-state index >= 15 is 0 Å². The molecular weight excluding hydrogens is 250 g/mol. The van der Waals surface area contributed by atoms with Gasteiger partial charge in [0.05, 0.1) is 6.54 Å². The van der Waals surface area contributed by atoms with Gasteiger partial charge in [0.2, 0.25) is 5.91 Å². The first-order valence-electron chi connectivity index (χ1n) is 7.56. The second-order valence-corrected chi connectivity index (χ2v) is 5.18. The third kappa shape index (κ3) is 3.73. The predicted molar refractivity (Wildman–Crippen MR) is 83.0 cm³/mol. The van der Waals surface area contributed by atoms with E-state index in [1.165, 1.54) is 5.56 Å². The standard InChI is InChI=1S/C16H25N3O/c1-3-14-7-5-6-8-15(14)17-13-16(20)19-11-9-18(4-2)10-12-19/h5-8,17H,3-4,9-13H2,1-2H3. The average molecular weight is 275 g/mol. The molecule has 110 valence electrons. The van der Waals surface area contributed by atoms with E-state index in [9.17, 15) is 4.79 Å². The number of aryl methyl sites for hydroxylation is 1. The van der Waals surface area contributed by atoms with Crippen LogP contribution in [0.1, 0.15) is 19.4 Å². The molecule has 1 fully saturated rings. The van der Waals surface area contributed by atoms with Gasteiger partial charge in [-0.2, -0.15) is 0 Å². The van der Waals surface area contributed by atoms with Crippen molar-refractivity contribution >= 4 is 11.6 Å². The number of carbonyl (C=O) groups excluding carboxylic acids is 1. The van der Waals surface area contributed by atoms with Gasteiger partial charge >= 0.3 is 0 Å². The molecule has 1 saturated heterocycles. The second-order valence-electron chi connectivity index (χ2n) is 5.18. The van der Waals surface area contributed by atoms with Gasteiger partial charge < -0.3 is 15.1 Å². The molecule has 0 aliphatic carbocycles. The van der Waals surface area contributed by atoms with E-state index in [1.54, 1.807) is 0 Å². The Morgan fingerprint density at radius 3 is 2.50 bits per heavy atom. The van der Waals surface area contributed by atoms with Crippen molar-refractivity contribution in [2.45, 2.75) is 20.3 Å². The Bertz CT molecular complexity index is 439. The SMILES string of the molecule is CCc1ccccc1NCC(=O)N1CCN(CC)CC1. The zero-order valence-electron chi connectivity index (χ0n) is 12.6. The highest BCUT2D eigenvalue weighted by atomic mass is 16.2. The Morgan fingerprint density at radius 2 is 1.85 bits per heavy atom. The maximum Gasteiger partial charge on any atom is 0.241 e. The summed E-state index contributed by atoms with van der Waals surface area (Å²) < 4.78 is 0. The van der Waals surface area contributed by atoms with Crippen molar-refractivity contribution in [2.24, 2.45) is 0 Å². The zero-order valence-corrected chi connectivity index (χ0v) is 12.6. The van der Waals surface area contributed by atoms with Gasteiger partial charge in [-0.25, -0.2) is 0 Å². The van der Waals surface area contributed by atoms with Crippen molar-refractivity contribution in [2.75, 3.05) is 44.6 Å². The number of para-hydroxylation sites is 1. The Labute approximate surface area is 121 Å². The van der Waals surface area contributed by atoms with Crippen LogP contribution in [0.4, 0.5) is 5.69 Å². The highest BCUT2D eigenvalue weighted by molar-refractivity contribution is 5.81. The number of nitrogens with zero attached hydrogens (tertiary/aromatic N) is 2. The van der Waals surface area contributed by atoms with Crippen LogP contribution in [-0.2, 0) is 11.2 Å². The molecule has 0 bridgehead atoms. The number of hydrogen-bond acceptors (Lipinski definition) is 3. The van der Waals surface area contributed by atoms with E-state index in [4.69, 9.17) is 0 Å². The zero-order chi connectivity index (χ0) is 14.4. The van der Waals surface area contributed by atoms with E-state index in [2.05, 4.69) is 30.1 Å². The number of anilines is 1. The van der Waals surface area contributed by atoms with Crippen molar-refractivity contribution < 1.29 is 4.79 Å². The van der Waals surface area contributed by atoms with Gasteiger partial charge in [0.25, 0.3) is 0 Å². The molecular formula is C16H25N3O. The Balaban J connectivity index is 1.83. The molecule has 2 rings (SSSR count). The number of hydrogen-bond donors (Lipinski definition) is 1. The molecule has 1 heterocycles. The van der Waals surface area contributed by atoms with Crippen LogP contribution in [0.2, 0.25) is 0 Å². The van der Waals surface area contributed by atoms with E-state index < -0.39 is 0 Å². The maximum atomic E-state index is 12.2. The minimum Gasteiger partial charge on any atom is -0.376 e. The van der Waals surface area contributed by atoms with Gasteiger partial charge in [-0.05, 0) is 24.6 Å². The molecule has 0 saturated carbocycles. The summed E-state index contributed by atoms with van der Waals surface area (Å²) in [7, 11) is 0. The molecule has 1 amide bonds. The number of carbonyl (C=O) groups is 1. The highest BCUT2D eigenvalue weighted by Gasteiger charge is 2.19. The first-order chi connectivity index (χ1) is 9.74. The van der Waals surface area contributed by atoms with Crippen molar-refractivity contribution in [3.8, 4) is 0 Å². The normalized spacial score (nSPS) is 16.2. The summed E-state index contributed by atoms with van der Waals surface area (Å²) in [6.07, 6.45) is 0.979. The molecule has 0 radical (unpaired) electrons. The molecule has 1 aromatic rings. The van der Waals surface area contributed by atoms with Crippen LogP contribution >= 0.6 is 0 Å². The van der Waals surface area contributed by atoms with Crippen LogP contribution in [0.25, 0.3) is 0 Å². The lowest BCUT2D eigenvalue weighted by molar-refractivity contribution is -0.131. The van der Waals surface area contributed by atoms with Gasteiger partial charge in [0.15, 0.2) is 0 Å². The molecule has 1 aliphatic rings. The summed E-state index contributed by atoms with van der Waals surface area (Å²) in [5, 5.41) is 3.28. The fraction of sp³-hybridized carbons (Fsp3) is 0.562. The van der Waals surface area contributed by atoms with Crippen LogP contribution in [-0.4, -0.2) is 55.0 Å². The molecule has 0 aromatic heterocycles. The van der Waals surface area contributed by atoms with Gasteiger partial charge in [-0.3, -0.25) is 4.79 Å². The van der Waals surface area contributed by atoms with Gasteiger partial charge in [-0.1, -0.05) is 32.0 Å². The van der Waals surface area contributed by atoms with Crippen LogP contribution in [0.3, 0.4) is 0 Å². The number of amides is 1. The lowest BCUT2D eigenvalue weighted by Crippen LogP contribution is -2.49. The number of nitrogens with one attached hydrogen (secondary N) is 1. The summed E-state index contributed by atoms with van der Waals surface area (Å²) in [5.74, 6) is 0.201. The fourth-order valence-corrected chi connectivity index (χ4v) is 2.60. The van der Waals surface area contributed by atoms with Crippen LogP contribution in [0.5, 0.6) is 0 Å². The van der Waals surface area contributed by atoms with Crippen molar-refractivity contribution in [1.82, 2.24) is 9.80 Å². The summed E-state index contributed by atoms with van der Waals surface area (Å²) >= 11 is 0. The molecule has 4 heteroatoms. The Hall–Kier alpha value is -1.55. The minimum atomic E-state index is 0.201. The van der Waals surface area contributed by atoms with Crippen LogP contribution in [0.15, 0.2) is 24.3 Å². The molecule has 4 nitrogen and oxygen atoms in total. The monoisotopic (exact) mass is 275 g/mol. The lowest BCUT2D eigenvalue weighted by Gasteiger charge is -2.34. The van der Waals surface area contributed by atoms with Gasteiger partial charge in [0, 0.05) is 31.9 Å². The van der Waals surface area contributed by atoms with Crippen molar-refractivity contribution in [3.05, 3.63) is 29.8 Å². The number of rotatable bonds is 5. The largest absolute Gasteiger partial charge is 0.376 e. The second kappa shape index (κ2) is 7.29. The Kier molecular flexibility index (Phi) is 5.41. The van der Waals surface area contributed by atoms with Crippen LogP contribution < -0.4 is 5.32 Å². The summed E-state index contributed by atoms with van der Waals surface area (Å²) in [4.78, 5) is 16.6. The van der Waals surface area contributed by atoms with Crippen LogP contribution in [0, 0.1) is 0 Å². The molecule has 0 atom stereocenters. The molecule has 0 spiro atoms.